The minimum absolute atomic E-state index is 0.256. The average molecular weight is 312 g/mol. The Kier molecular flexibility index (Phi) is 5.41. The third-order valence-corrected chi connectivity index (χ3v) is 3.28. The molecule has 0 fully saturated rings. The molecule has 0 heterocycles. The number of carbonyl (C=O) groups excluding carboxylic acids is 2. The lowest BCUT2D eigenvalue weighted by Gasteiger charge is -2.11. The molecule has 0 radical (unpaired) electrons. The third kappa shape index (κ3) is 4.88. The molecule has 2 aromatic carbocycles. The van der Waals surface area contributed by atoms with Crippen molar-refractivity contribution in [1.82, 2.24) is 0 Å². The molecule has 4 heteroatoms. The summed E-state index contributed by atoms with van der Waals surface area (Å²) in [6, 6.07) is 12.8. The second kappa shape index (κ2) is 7.49. The summed E-state index contributed by atoms with van der Waals surface area (Å²) in [6.07, 6.45) is 1.85. The van der Waals surface area contributed by atoms with E-state index >= 15 is 0 Å². The molecule has 0 saturated carbocycles. The fourth-order valence-corrected chi connectivity index (χ4v) is 1.96. The van der Waals surface area contributed by atoms with Gasteiger partial charge in [-0.2, -0.15) is 0 Å². The standard InChI is InChI=1S/C19H17FO3/c1-13-3-8-16(9-4-13)19(22)14(2)23-18(21)12-7-15-5-10-17(20)11-6-15/h3-12,14H,1-2H3/b12-7+/t14-/m0/s1. The van der Waals surface area contributed by atoms with Crippen molar-refractivity contribution < 1.29 is 18.7 Å². The molecule has 23 heavy (non-hydrogen) atoms. The molecule has 3 nitrogen and oxygen atoms in total. The van der Waals surface area contributed by atoms with E-state index in [0.29, 0.717) is 11.1 Å². The molecule has 0 amide bonds. The Bertz CT molecular complexity index is 715. The van der Waals surface area contributed by atoms with Crippen molar-refractivity contribution in [3.8, 4) is 0 Å². The van der Waals surface area contributed by atoms with Gasteiger partial charge in [-0.05, 0) is 37.6 Å². The predicted molar refractivity (Wildman–Crippen MR) is 86.5 cm³/mol. The van der Waals surface area contributed by atoms with Gasteiger partial charge in [0.05, 0.1) is 0 Å². The van der Waals surface area contributed by atoms with Gasteiger partial charge in [-0.1, -0.05) is 42.0 Å². The SMILES string of the molecule is Cc1ccc(C(=O)[C@H](C)OC(=O)/C=C/c2ccc(F)cc2)cc1. The maximum atomic E-state index is 12.8. The maximum absolute atomic E-state index is 12.8. The number of ketones is 1. The van der Waals surface area contributed by atoms with Crippen LogP contribution in [0.5, 0.6) is 0 Å². The summed E-state index contributed by atoms with van der Waals surface area (Å²) in [7, 11) is 0. The summed E-state index contributed by atoms with van der Waals surface area (Å²) < 4.78 is 17.9. The number of aryl methyl sites for hydroxylation is 1. The van der Waals surface area contributed by atoms with Crippen LogP contribution in [-0.2, 0) is 9.53 Å². The van der Waals surface area contributed by atoms with Crippen molar-refractivity contribution in [3.05, 3.63) is 77.1 Å². The lowest BCUT2D eigenvalue weighted by Crippen LogP contribution is -2.23. The van der Waals surface area contributed by atoms with E-state index < -0.39 is 12.1 Å². The molecule has 0 aliphatic carbocycles. The Morgan fingerprint density at radius 3 is 2.26 bits per heavy atom. The average Bonchev–Trinajstić information content (AvgIpc) is 2.54. The minimum atomic E-state index is -0.872. The third-order valence-electron chi connectivity index (χ3n) is 3.28. The molecule has 0 aliphatic heterocycles. The van der Waals surface area contributed by atoms with Gasteiger partial charge < -0.3 is 4.74 Å². The second-order valence-electron chi connectivity index (χ2n) is 5.19. The smallest absolute Gasteiger partial charge is 0.331 e. The Hall–Kier alpha value is -2.75. The van der Waals surface area contributed by atoms with E-state index in [9.17, 15) is 14.0 Å². The number of halogens is 1. The van der Waals surface area contributed by atoms with Crippen LogP contribution in [0.15, 0.2) is 54.6 Å². The van der Waals surface area contributed by atoms with Crippen molar-refractivity contribution in [2.75, 3.05) is 0 Å². The van der Waals surface area contributed by atoms with Gasteiger partial charge >= 0.3 is 5.97 Å². The van der Waals surface area contributed by atoms with Crippen molar-refractivity contribution in [3.63, 3.8) is 0 Å². The highest BCUT2D eigenvalue weighted by Crippen LogP contribution is 2.09. The molecule has 0 aliphatic rings. The van der Waals surface area contributed by atoms with Gasteiger partial charge in [0.15, 0.2) is 6.10 Å². The number of carbonyl (C=O) groups is 2. The van der Waals surface area contributed by atoms with E-state index in [1.54, 1.807) is 24.3 Å². The van der Waals surface area contributed by atoms with Gasteiger partial charge in [0.1, 0.15) is 5.82 Å². The molecule has 2 aromatic rings. The van der Waals surface area contributed by atoms with E-state index in [1.165, 1.54) is 31.2 Å². The van der Waals surface area contributed by atoms with Crippen LogP contribution < -0.4 is 0 Å². The van der Waals surface area contributed by atoms with Crippen LogP contribution in [0.3, 0.4) is 0 Å². The highest BCUT2D eigenvalue weighted by molar-refractivity contribution is 6.01. The maximum Gasteiger partial charge on any atom is 0.331 e. The molecule has 2 rings (SSSR count). The van der Waals surface area contributed by atoms with Crippen LogP contribution in [0.2, 0.25) is 0 Å². The Balaban J connectivity index is 1.95. The van der Waals surface area contributed by atoms with Crippen LogP contribution in [-0.4, -0.2) is 17.9 Å². The number of hydrogen-bond donors (Lipinski definition) is 0. The number of hydrogen-bond acceptors (Lipinski definition) is 3. The summed E-state index contributed by atoms with van der Waals surface area (Å²) in [5.41, 5.74) is 2.22. The van der Waals surface area contributed by atoms with Crippen LogP contribution >= 0.6 is 0 Å². The highest BCUT2D eigenvalue weighted by Gasteiger charge is 2.18. The van der Waals surface area contributed by atoms with Gasteiger partial charge in [0.25, 0.3) is 0 Å². The normalized spacial score (nSPS) is 12.1. The van der Waals surface area contributed by atoms with E-state index in [-0.39, 0.29) is 11.6 Å². The molecule has 0 unspecified atom stereocenters. The predicted octanol–water partition coefficient (Wildman–Crippen LogP) is 3.96. The fourth-order valence-electron chi connectivity index (χ4n) is 1.96. The molecule has 0 saturated heterocycles. The molecular formula is C19H17FO3. The fraction of sp³-hybridized carbons (Fsp3) is 0.158. The Morgan fingerprint density at radius 2 is 1.65 bits per heavy atom. The number of Topliss-reactive ketones (excluding diaryl/α,β-unsaturated/α-hetero) is 1. The number of benzene rings is 2. The first-order valence-corrected chi connectivity index (χ1v) is 7.21. The lowest BCUT2D eigenvalue weighted by molar-refractivity contribution is -0.140. The van der Waals surface area contributed by atoms with Gasteiger partial charge in [-0.25, -0.2) is 9.18 Å². The van der Waals surface area contributed by atoms with Crippen LogP contribution in [0.4, 0.5) is 4.39 Å². The number of ether oxygens (including phenoxy) is 1. The number of rotatable bonds is 5. The summed E-state index contributed by atoms with van der Waals surface area (Å²) in [4.78, 5) is 23.9. The first kappa shape index (κ1) is 16.6. The van der Waals surface area contributed by atoms with Crippen molar-refractivity contribution in [2.45, 2.75) is 20.0 Å². The van der Waals surface area contributed by atoms with E-state index in [0.717, 1.165) is 5.56 Å². The van der Waals surface area contributed by atoms with Gasteiger partial charge in [0.2, 0.25) is 5.78 Å². The van der Waals surface area contributed by atoms with E-state index in [1.807, 2.05) is 19.1 Å². The number of esters is 1. The summed E-state index contributed by atoms with van der Waals surface area (Å²) in [5.74, 6) is -1.22. The lowest BCUT2D eigenvalue weighted by atomic mass is 10.1. The molecule has 0 bridgehead atoms. The monoisotopic (exact) mass is 312 g/mol. The summed E-state index contributed by atoms with van der Waals surface area (Å²) in [6.45, 7) is 3.46. The summed E-state index contributed by atoms with van der Waals surface area (Å²) >= 11 is 0. The minimum Gasteiger partial charge on any atom is -0.451 e. The topological polar surface area (TPSA) is 43.4 Å². The van der Waals surface area contributed by atoms with Crippen molar-refractivity contribution in [1.29, 1.82) is 0 Å². The van der Waals surface area contributed by atoms with Gasteiger partial charge in [0, 0.05) is 11.6 Å². The molecular weight excluding hydrogens is 295 g/mol. The second-order valence-corrected chi connectivity index (χ2v) is 5.19. The molecule has 0 N–H and O–H groups in total. The van der Waals surface area contributed by atoms with Gasteiger partial charge in [-0.15, -0.1) is 0 Å². The van der Waals surface area contributed by atoms with E-state index in [2.05, 4.69) is 0 Å². The Morgan fingerprint density at radius 1 is 1.04 bits per heavy atom. The Labute approximate surface area is 134 Å². The first-order chi connectivity index (χ1) is 11.0. The van der Waals surface area contributed by atoms with Crippen LogP contribution in [0.25, 0.3) is 6.08 Å². The zero-order chi connectivity index (χ0) is 16.8. The van der Waals surface area contributed by atoms with Gasteiger partial charge in [-0.3, -0.25) is 4.79 Å². The highest BCUT2D eigenvalue weighted by atomic mass is 19.1. The largest absolute Gasteiger partial charge is 0.451 e. The molecule has 0 spiro atoms. The van der Waals surface area contributed by atoms with Crippen molar-refractivity contribution in [2.24, 2.45) is 0 Å². The molecule has 1 atom stereocenters. The zero-order valence-electron chi connectivity index (χ0n) is 13.0. The van der Waals surface area contributed by atoms with Crippen LogP contribution in [0, 0.1) is 12.7 Å². The van der Waals surface area contributed by atoms with E-state index in [4.69, 9.17) is 4.74 Å². The molecule has 0 aromatic heterocycles. The van der Waals surface area contributed by atoms with Crippen LogP contribution in [0.1, 0.15) is 28.4 Å². The van der Waals surface area contributed by atoms with Crippen molar-refractivity contribution >= 4 is 17.8 Å². The quantitative estimate of drug-likeness (QED) is 0.477. The molecule has 118 valence electrons. The summed E-state index contributed by atoms with van der Waals surface area (Å²) in [5, 5.41) is 0. The zero-order valence-corrected chi connectivity index (χ0v) is 13.0. The first-order valence-electron chi connectivity index (χ1n) is 7.21.